The molecule has 4 atom stereocenters. The third-order valence-electron chi connectivity index (χ3n) is 7.30. The van der Waals surface area contributed by atoms with E-state index in [0.29, 0.717) is 31.6 Å². The molecular formula is C27H27N5O3. The van der Waals surface area contributed by atoms with Crippen molar-refractivity contribution in [3.8, 4) is 5.82 Å². The van der Waals surface area contributed by atoms with Gasteiger partial charge in [0.1, 0.15) is 12.7 Å². The average Bonchev–Trinajstić information content (AvgIpc) is 3.23. The lowest BCUT2D eigenvalue weighted by Gasteiger charge is -2.24. The van der Waals surface area contributed by atoms with Gasteiger partial charge in [0.25, 0.3) is 0 Å². The van der Waals surface area contributed by atoms with Gasteiger partial charge in [-0.15, -0.1) is 0 Å². The number of hydrogen-bond donors (Lipinski definition) is 0. The van der Waals surface area contributed by atoms with Crippen LogP contribution in [-0.4, -0.2) is 37.0 Å². The molecule has 0 amide bonds. The number of aromatic nitrogens is 5. The van der Waals surface area contributed by atoms with Crippen molar-refractivity contribution in [2.45, 2.75) is 37.7 Å². The molecule has 2 aliphatic rings. The molecule has 2 saturated carbocycles. The Kier molecular flexibility index (Phi) is 5.75. The summed E-state index contributed by atoms with van der Waals surface area (Å²) >= 11 is 0. The van der Waals surface area contributed by atoms with Crippen molar-refractivity contribution < 1.29 is 9.47 Å². The molecule has 0 N–H and O–H groups in total. The van der Waals surface area contributed by atoms with E-state index in [2.05, 4.69) is 39.3 Å². The number of nitrogens with zero attached hydrogens (tertiary/aromatic N) is 5. The molecule has 4 aromatic rings. The Morgan fingerprint density at radius 3 is 2.37 bits per heavy atom. The maximum Gasteiger partial charge on any atom is 0.350 e. The third-order valence-corrected chi connectivity index (χ3v) is 7.30. The number of rotatable bonds is 9. The highest BCUT2D eigenvalue weighted by molar-refractivity contribution is 5.23. The van der Waals surface area contributed by atoms with Gasteiger partial charge in [0.15, 0.2) is 5.82 Å². The predicted molar refractivity (Wildman–Crippen MR) is 129 cm³/mol. The fraction of sp³-hybridized carbons (Fsp3) is 0.333. The first-order valence-electron chi connectivity index (χ1n) is 12.0. The Morgan fingerprint density at radius 2 is 1.69 bits per heavy atom. The van der Waals surface area contributed by atoms with E-state index < -0.39 is 0 Å². The number of ether oxygens (including phenoxy) is 2. The second kappa shape index (κ2) is 9.20. The molecule has 35 heavy (non-hydrogen) atoms. The zero-order valence-electron chi connectivity index (χ0n) is 19.3. The lowest BCUT2D eigenvalue weighted by atomic mass is 10.0. The second-order valence-electron chi connectivity index (χ2n) is 9.40. The lowest BCUT2D eigenvalue weighted by molar-refractivity contribution is -0.0308. The van der Waals surface area contributed by atoms with Crippen molar-refractivity contribution in [3.63, 3.8) is 0 Å². The van der Waals surface area contributed by atoms with Gasteiger partial charge in [0, 0.05) is 12.1 Å². The normalized spacial score (nSPS) is 24.9. The Labute approximate surface area is 203 Å². The minimum atomic E-state index is -0.271. The zero-order chi connectivity index (χ0) is 23.7. The Morgan fingerprint density at radius 1 is 0.943 bits per heavy atom. The standard InChI is InChI=1S/C27H27N5O3/c33-26-30-25(32-19-28-18-29-32)11-12-31(26)27-13-23(27)22(17-34-15-20-7-3-1-4-8-20)24(14-27)35-16-21-9-5-2-6-10-21/h1-12,18-19,22-24H,13-17H2/t22-,23-,24-,27-/m0/s1. The molecule has 8 heteroatoms. The van der Waals surface area contributed by atoms with Gasteiger partial charge in [-0.05, 0) is 36.0 Å². The van der Waals surface area contributed by atoms with E-state index in [4.69, 9.17) is 9.47 Å². The van der Waals surface area contributed by atoms with Crippen molar-refractivity contribution in [1.29, 1.82) is 0 Å². The summed E-state index contributed by atoms with van der Waals surface area (Å²) in [6.07, 6.45) is 6.51. The number of hydrogen-bond acceptors (Lipinski definition) is 6. The third kappa shape index (κ3) is 4.31. The van der Waals surface area contributed by atoms with E-state index in [-0.39, 0.29) is 23.3 Å². The van der Waals surface area contributed by atoms with Crippen molar-refractivity contribution in [1.82, 2.24) is 24.3 Å². The highest BCUT2D eigenvalue weighted by Gasteiger charge is 2.67. The Balaban J connectivity index is 1.21. The maximum absolute atomic E-state index is 13.1. The molecule has 6 rings (SSSR count). The first-order chi connectivity index (χ1) is 17.2. The van der Waals surface area contributed by atoms with Crippen LogP contribution in [0.2, 0.25) is 0 Å². The highest BCUT2D eigenvalue weighted by Crippen LogP contribution is 2.64. The number of benzene rings is 2. The minimum Gasteiger partial charge on any atom is -0.376 e. The minimum absolute atomic E-state index is 0.00613. The molecule has 0 saturated heterocycles. The summed E-state index contributed by atoms with van der Waals surface area (Å²) in [6.45, 7) is 1.71. The van der Waals surface area contributed by atoms with Gasteiger partial charge < -0.3 is 9.47 Å². The first-order valence-corrected chi connectivity index (χ1v) is 12.0. The Hall–Kier alpha value is -3.62. The van der Waals surface area contributed by atoms with Gasteiger partial charge in [-0.3, -0.25) is 4.57 Å². The van der Waals surface area contributed by atoms with Crippen LogP contribution in [0.25, 0.3) is 5.82 Å². The average molecular weight is 470 g/mol. The second-order valence-corrected chi connectivity index (χ2v) is 9.40. The molecule has 0 spiro atoms. The predicted octanol–water partition coefficient (Wildman–Crippen LogP) is 3.36. The van der Waals surface area contributed by atoms with Crippen LogP contribution in [0.1, 0.15) is 24.0 Å². The molecule has 178 valence electrons. The maximum atomic E-state index is 13.1. The van der Waals surface area contributed by atoms with Crippen molar-refractivity contribution in [3.05, 3.63) is 107 Å². The van der Waals surface area contributed by atoms with Gasteiger partial charge in [0.05, 0.1) is 31.5 Å². The monoisotopic (exact) mass is 469 g/mol. The summed E-state index contributed by atoms with van der Waals surface area (Å²) in [7, 11) is 0. The van der Waals surface area contributed by atoms with Crippen molar-refractivity contribution in [2.75, 3.05) is 6.61 Å². The van der Waals surface area contributed by atoms with Gasteiger partial charge in [-0.1, -0.05) is 60.7 Å². The highest BCUT2D eigenvalue weighted by atomic mass is 16.5. The molecular weight excluding hydrogens is 442 g/mol. The largest absolute Gasteiger partial charge is 0.376 e. The molecule has 0 radical (unpaired) electrons. The number of fused-ring (bicyclic) bond motifs is 1. The van der Waals surface area contributed by atoms with E-state index in [1.807, 2.05) is 48.7 Å². The van der Waals surface area contributed by atoms with Crippen LogP contribution in [0, 0.1) is 11.8 Å². The molecule has 0 bridgehead atoms. The summed E-state index contributed by atoms with van der Waals surface area (Å²) in [6, 6.07) is 22.2. The van der Waals surface area contributed by atoms with Crippen molar-refractivity contribution >= 4 is 0 Å². The lowest BCUT2D eigenvalue weighted by Crippen LogP contribution is -2.33. The summed E-state index contributed by atoms with van der Waals surface area (Å²) in [4.78, 5) is 21.3. The van der Waals surface area contributed by atoms with Crippen molar-refractivity contribution in [2.24, 2.45) is 11.8 Å². The summed E-state index contributed by atoms with van der Waals surface area (Å²) in [5, 5.41) is 4.08. The van der Waals surface area contributed by atoms with Crippen LogP contribution in [0.5, 0.6) is 0 Å². The summed E-state index contributed by atoms with van der Waals surface area (Å²) in [5.74, 6) is 0.995. The van der Waals surface area contributed by atoms with E-state index in [1.165, 1.54) is 17.3 Å². The topological polar surface area (TPSA) is 84.1 Å². The van der Waals surface area contributed by atoms with E-state index >= 15 is 0 Å². The van der Waals surface area contributed by atoms with Crippen LogP contribution < -0.4 is 5.69 Å². The molecule has 2 aliphatic carbocycles. The van der Waals surface area contributed by atoms with E-state index in [9.17, 15) is 4.79 Å². The van der Waals surface area contributed by atoms with Crippen LogP contribution in [0.3, 0.4) is 0 Å². The zero-order valence-corrected chi connectivity index (χ0v) is 19.3. The summed E-state index contributed by atoms with van der Waals surface area (Å²) in [5.41, 5.74) is 1.75. The molecule has 0 unspecified atom stereocenters. The van der Waals surface area contributed by atoms with Gasteiger partial charge in [-0.25, -0.2) is 14.5 Å². The quantitative estimate of drug-likeness (QED) is 0.374. The molecule has 8 nitrogen and oxygen atoms in total. The fourth-order valence-electron chi connectivity index (χ4n) is 5.50. The van der Waals surface area contributed by atoms with E-state index in [1.54, 1.807) is 4.57 Å². The van der Waals surface area contributed by atoms with Crippen LogP contribution in [0.4, 0.5) is 0 Å². The van der Waals surface area contributed by atoms with Gasteiger partial charge in [0.2, 0.25) is 0 Å². The molecule has 2 heterocycles. The molecule has 2 aromatic carbocycles. The molecule has 0 aliphatic heterocycles. The SMILES string of the molecule is O=c1nc(-n2cncn2)ccn1[C@@]12C[C@H](OCc3ccccc3)[C@@H](COCc3ccccc3)[C@@H]1C2. The fourth-order valence-corrected chi connectivity index (χ4v) is 5.50. The molecule has 2 aromatic heterocycles. The van der Waals surface area contributed by atoms with Crippen LogP contribution >= 0.6 is 0 Å². The Bertz CT molecular complexity index is 1330. The first kappa shape index (κ1) is 21.9. The van der Waals surface area contributed by atoms with Crippen LogP contribution in [0.15, 0.2) is 90.4 Å². The van der Waals surface area contributed by atoms with Crippen LogP contribution in [-0.2, 0) is 28.2 Å². The van der Waals surface area contributed by atoms with Gasteiger partial charge in [-0.2, -0.15) is 10.1 Å². The molecule has 2 fully saturated rings. The van der Waals surface area contributed by atoms with Gasteiger partial charge >= 0.3 is 5.69 Å². The van der Waals surface area contributed by atoms with E-state index in [0.717, 1.165) is 24.0 Å². The summed E-state index contributed by atoms with van der Waals surface area (Å²) < 4.78 is 15.9. The smallest absolute Gasteiger partial charge is 0.350 e.